The molecular weight excluding hydrogens is 236 g/mol. The van der Waals surface area contributed by atoms with E-state index in [1.165, 1.54) is 11.1 Å². The van der Waals surface area contributed by atoms with Gasteiger partial charge in [-0.2, -0.15) is 0 Å². The Bertz CT molecular complexity index is 548. The third-order valence-corrected chi connectivity index (χ3v) is 3.75. The van der Waals surface area contributed by atoms with Crippen LogP contribution in [0, 0.1) is 0 Å². The van der Waals surface area contributed by atoms with Crippen molar-refractivity contribution in [2.45, 2.75) is 18.3 Å². The van der Waals surface area contributed by atoms with E-state index in [2.05, 4.69) is 24.3 Å². The molecule has 0 spiro atoms. The van der Waals surface area contributed by atoms with E-state index < -0.39 is 0 Å². The summed E-state index contributed by atoms with van der Waals surface area (Å²) in [5.74, 6) is 0.368. The molecule has 1 saturated heterocycles. The van der Waals surface area contributed by atoms with E-state index in [1.54, 1.807) is 0 Å². The highest BCUT2D eigenvalue weighted by atomic mass is 16.5. The fraction of sp³-hybridized carbons (Fsp3) is 0.235. The van der Waals surface area contributed by atoms with Gasteiger partial charge in [0.2, 0.25) is 0 Å². The van der Waals surface area contributed by atoms with Crippen LogP contribution in [0.1, 0.15) is 29.4 Å². The van der Waals surface area contributed by atoms with Gasteiger partial charge in [0.05, 0.1) is 13.0 Å². The Morgan fingerprint density at radius 1 is 0.789 bits per heavy atom. The van der Waals surface area contributed by atoms with Crippen LogP contribution in [-0.2, 0) is 9.53 Å². The number of carbonyl (C=O) groups is 1. The number of esters is 1. The Hall–Kier alpha value is -2.09. The Balaban J connectivity index is 1.95. The molecule has 2 aromatic carbocycles. The van der Waals surface area contributed by atoms with E-state index >= 15 is 0 Å². The molecule has 0 aromatic heterocycles. The van der Waals surface area contributed by atoms with Gasteiger partial charge in [-0.15, -0.1) is 0 Å². The van der Waals surface area contributed by atoms with Crippen molar-refractivity contribution >= 4 is 5.97 Å². The Morgan fingerprint density at radius 2 is 1.32 bits per heavy atom. The number of ether oxygens (including phenoxy) is 1. The maximum Gasteiger partial charge on any atom is 0.306 e. The molecule has 3 rings (SSSR count). The molecule has 2 nitrogen and oxygen atoms in total. The molecule has 1 aliphatic rings. The normalized spacial score (nSPS) is 22.8. The number of benzene rings is 2. The lowest BCUT2D eigenvalue weighted by Gasteiger charge is -2.31. The summed E-state index contributed by atoms with van der Waals surface area (Å²) in [5, 5.41) is 0. The van der Waals surface area contributed by atoms with E-state index in [0.29, 0.717) is 13.0 Å². The molecule has 1 aliphatic heterocycles. The minimum Gasteiger partial charge on any atom is -0.465 e. The second-order valence-electron chi connectivity index (χ2n) is 4.92. The molecule has 0 radical (unpaired) electrons. The summed E-state index contributed by atoms with van der Waals surface area (Å²) in [5.41, 5.74) is 2.46. The lowest BCUT2D eigenvalue weighted by atomic mass is 9.78. The van der Waals surface area contributed by atoms with Gasteiger partial charge in [-0.25, -0.2) is 0 Å². The van der Waals surface area contributed by atoms with Gasteiger partial charge in [0.1, 0.15) is 0 Å². The highest BCUT2D eigenvalue weighted by Crippen LogP contribution is 2.38. The SMILES string of the molecule is O=C1C[C@H](c2ccccc2)[C@H](c2ccccc2)CO1. The summed E-state index contributed by atoms with van der Waals surface area (Å²) >= 11 is 0. The first kappa shape index (κ1) is 12.0. The molecule has 0 N–H and O–H groups in total. The minimum atomic E-state index is -0.0963. The number of cyclic esters (lactones) is 1. The highest BCUT2D eigenvalue weighted by molar-refractivity contribution is 5.72. The number of carbonyl (C=O) groups excluding carboxylic acids is 1. The van der Waals surface area contributed by atoms with Gasteiger partial charge in [-0.05, 0) is 11.1 Å². The van der Waals surface area contributed by atoms with Crippen LogP contribution in [0.25, 0.3) is 0 Å². The first-order valence-corrected chi connectivity index (χ1v) is 6.60. The van der Waals surface area contributed by atoms with Gasteiger partial charge in [-0.3, -0.25) is 4.79 Å². The highest BCUT2D eigenvalue weighted by Gasteiger charge is 2.32. The van der Waals surface area contributed by atoms with Crippen molar-refractivity contribution in [2.75, 3.05) is 6.61 Å². The molecule has 0 bridgehead atoms. The van der Waals surface area contributed by atoms with Gasteiger partial charge in [0.15, 0.2) is 0 Å². The zero-order valence-corrected chi connectivity index (χ0v) is 10.7. The van der Waals surface area contributed by atoms with Crippen LogP contribution in [0.15, 0.2) is 60.7 Å². The molecule has 2 atom stereocenters. The molecule has 1 fully saturated rings. The quantitative estimate of drug-likeness (QED) is 0.765. The van der Waals surface area contributed by atoms with Crippen LogP contribution < -0.4 is 0 Å². The molecule has 0 amide bonds. The van der Waals surface area contributed by atoms with E-state index in [-0.39, 0.29) is 17.8 Å². The third kappa shape index (κ3) is 2.53. The predicted molar refractivity (Wildman–Crippen MR) is 73.9 cm³/mol. The van der Waals surface area contributed by atoms with Crippen LogP contribution in [0.4, 0.5) is 0 Å². The van der Waals surface area contributed by atoms with Crippen molar-refractivity contribution in [2.24, 2.45) is 0 Å². The van der Waals surface area contributed by atoms with E-state index in [0.717, 1.165) is 0 Å². The predicted octanol–water partition coefficient (Wildman–Crippen LogP) is 3.50. The second-order valence-corrected chi connectivity index (χ2v) is 4.92. The first-order valence-electron chi connectivity index (χ1n) is 6.60. The molecule has 19 heavy (non-hydrogen) atoms. The average Bonchev–Trinajstić information content (AvgIpc) is 2.49. The number of hydrogen-bond acceptors (Lipinski definition) is 2. The van der Waals surface area contributed by atoms with Crippen molar-refractivity contribution in [1.82, 2.24) is 0 Å². The first-order chi connectivity index (χ1) is 9.34. The van der Waals surface area contributed by atoms with Crippen molar-refractivity contribution in [3.8, 4) is 0 Å². The largest absolute Gasteiger partial charge is 0.465 e. The molecule has 2 heteroatoms. The maximum absolute atomic E-state index is 11.6. The molecule has 0 aliphatic carbocycles. The fourth-order valence-corrected chi connectivity index (χ4v) is 2.76. The number of rotatable bonds is 2. The van der Waals surface area contributed by atoms with Gasteiger partial charge in [0, 0.05) is 11.8 Å². The molecular formula is C17H16O2. The van der Waals surface area contributed by atoms with Gasteiger partial charge in [-0.1, -0.05) is 60.7 Å². The summed E-state index contributed by atoms with van der Waals surface area (Å²) < 4.78 is 5.26. The Kier molecular flexibility index (Phi) is 3.32. The molecule has 96 valence electrons. The van der Waals surface area contributed by atoms with E-state index in [4.69, 9.17) is 4.74 Å². The third-order valence-electron chi connectivity index (χ3n) is 3.75. The summed E-state index contributed by atoms with van der Waals surface area (Å²) in [6.45, 7) is 0.475. The smallest absolute Gasteiger partial charge is 0.306 e. The summed E-state index contributed by atoms with van der Waals surface area (Å²) in [6, 6.07) is 20.5. The fourth-order valence-electron chi connectivity index (χ4n) is 2.76. The van der Waals surface area contributed by atoms with Crippen LogP contribution >= 0.6 is 0 Å². The summed E-state index contributed by atoms with van der Waals surface area (Å²) in [4.78, 5) is 11.6. The van der Waals surface area contributed by atoms with Crippen LogP contribution in [-0.4, -0.2) is 12.6 Å². The summed E-state index contributed by atoms with van der Waals surface area (Å²) in [6.07, 6.45) is 0.462. The van der Waals surface area contributed by atoms with Crippen LogP contribution in [0.5, 0.6) is 0 Å². The van der Waals surface area contributed by atoms with Gasteiger partial charge >= 0.3 is 5.97 Å². The summed E-state index contributed by atoms with van der Waals surface area (Å²) in [7, 11) is 0. The zero-order valence-electron chi connectivity index (χ0n) is 10.7. The average molecular weight is 252 g/mol. The Morgan fingerprint density at radius 3 is 1.89 bits per heavy atom. The molecule has 0 saturated carbocycles. The van der Waals surface area contributed by atoms with Crippen molar-refractivity contribution < 1.29 is 9.53 Å². The zero-order chi connectivity index (χ0) is 13.1. The topological polar surface area (TPSA) is 26.3 Å². The van der Waals surface area contributed by atoms with E-state index in [1.807, 2.05) is 36.4 Å². The lowest BCUT2D eigenvalue weighted by Crippen LogP contribution is -2.27. The van der Waals surface area contributed by atoms with Gasteiger partial charge in [0.25, 0.3) is 0 Å². The maximum atomic E-state index is 11.6. The molecule has 0 unspecified atom stereocenters. The van der Waals surface area contributed by atoms with Crippen LogP contribution in [0.3, 0.4) is 0 Å². The van der Waals surface area contributed by atoms with Crippen molar-refractivity contribution in [3.05, 3.63) is 71.8 Å². The van der Waals surface area contributed by atoms with Crippen molar-refractivity contribution in [3.63, 3.8) is 0 Å². The second kappa shape index (κ2) is 5.27. The molecule has 2 aromatic rings. The standard InChI is InChI=1S/C17H16O2/c18-17-11-15(13-7-3-1-4-8-13)16(12-19-17)14-9-5-2-6-10-14/h1-10,15-16H,11-12H2/t15-,16+/m1/s1. The van der Waals surface area contributed by atoms with Crippen LogP contribution in [0.2, 0.25) is 0 Å². The lowest BCUT2D eigenvalue weighted by molar-refractivity contribution is -0.148. The Labute approximate surface area is 113 Å². The van der Waals surface area contributed by atoms with Crippen molar-refractivity contribution in [1.29, 1.82) is 0 Å². The van der Waals surface area contributed by atoms with E-state index in [9.17, 15) is 4.79 Å². The number of hydrogen-bond donors (Lipinski definition) is 0. The molecule has 1 heterocycles. The minimum absolute atomic E-state index is 0.0963. The van der Waals surface area contributed by atoms with Gasteiger partial charge < -0.3 is 4.74 Å². The monoisotopic (exact) mass is 252 g/mol.